The van der Waals surface area contributed by atoms with Crippen molar-refractivity contribution in [1.29, 1.82) is 0 Å². The van der Waals surface area contributed by atoms with Crippen molar-refractivity contribution in [3.05, 3.63) is 70.5 Å². The highest BCUT2D eigenvalue weighted by Gasteiger charge is 2.27. The van der Waals surface area contributed by atoms with Crippen molar-refractivity contribution >= 4 is 15.9 Å². The molecular weight excluding hydrogens is 607 g/mol. The van der Waals surface area contributed by atoms with Crippen LogP contribution in [0, 0.1) is 5.82 Å². The van der Waals surface area contributed by atoms with E-state index in [0.29, 0.717) is 95.0 Å². The van der Waals surface area contributed by atoms with Crippen LogP contribution in [-0.4, -0.2) is 92.6 Å². The zero-order valence-corrected chi connectivity index (χ0v) is 24.8. The van der Waals surface area contributed by atoms with Gasteiger partial charge in [0.2, 0.25) is 11.8 Å². The molecule has 0 spiro atoms. The predicted octanol–water partition coefficient (Wildman–Crippen LogP) is 3.54. The number of hydrogen-bond donors (Lipinski definition) is 2. The van der Waals surface area contributed by atoms with Gasteiger partial charge in [-0.3, -0.25) is 19.8 Å². The number of hydrogen-bond acceptors (Lipinski definition) is 10. The van der Waals surface area contributed by atoms with E-state index < -0.39 is 5.82 Å². The number of halogens is 2. The Balaban J connectivity index is 1.30. The van der Waals surface area contributed by atoms with Gasteiger partial charge in [0.15, 0.2) is 0 Å². The average molecular weight is 638 g/mol. The van der Waals surface area contributed by atoms with E-state index in [9.17, 15) is 10.2 Å². The zero-order chi connectivity index (χ0) is 29.4. The molecule has 0 aliphatic carbocycles. The summed E-state index contributed by atoms with van der Waals surface area (Å²) in [7, 11) is 3.06. The number of benzene rings is 2. The Labute approximate surface area is 250 Å². The minimum atomic E-state index is -0.443. The van der Waals surface area contributed by atoms with Crippen LogP contribution in [0.3, 0.4) is 0 Å². The van der Waals surface area contributed by atoms with Gasteiger partial charge in [-0.05, 0) is 27.6 Å². The summed E-state index contributed by atoms with van der Waals surface area (Å²) in [6.45, 7) is 3.36. The highest BCUT2D eigenvalue weighted by Crippen LogP contribution is 2.39. The minimum Gasteiger partial charge on any atom is -0.480 e. The molecule has 2 aromatic carbocycles. The van der Waals surface area contributed by atoms with Crippen molar-refractivity contribution in [2.24, 2.45) is 0 Å². The predicted molar refractivity (Wildman–Crippen MR) is 157 cm³/mol. The van der Waals surface area contributed by atoms with Crippen molar-refractivity contribution in [3.63, 3.8) is 0 Å². The summed E-state index contributed by atoms with van der Waals surface area (Å²) in [4.78, 5) is 22.5. The van der Waals surface area contributed by atoms with Gasteiger partial charge in [-0.15, -0.1) is 0 Å². The quantitative estimate of drug-likeness (QED) is 0.282. The maximum atomic E-state index is 16.1. The Morgan fingerprint density at radius 1 is 0.762 bits per heavy atom. The van der Waals surface area contributed by atoms with Crippen LogP contribution in [0.25, 0.3) is 33.6 Å². The van der Waals surface area contributed by atoms with Gasteiger partial charge in [0.05, 0.1) is 50.2 Å². The number of β-amino-alcohol motifs (C(OH)–C–C–N with tert-alkyl or cyclic N) is 2. The molecule has 2 aliphatic heterocycles. The fraction of sp³-hybridized carbons (Fsp3) is 0.333. The number of rotatable bonds is 9. The maximum Gasteiger partial charge on any atom is 0.237 e. The van der Waals surface area contributed by atoms with Crippen LogP contribution < -0.4 is 9.47 Å². The van der Waals surface area contributed by atoms with Crippen LogP contribution in [0.1, 0.15) is 11.4 Å². The Morgan fingerprint density at radius 3 is 1.71 bits per heavy atom. The van der Waals surface area contributed by atoms with Crippen LogP contribution in [0.2, 0.25) is 0 Å². The number of aliphatic hydroxyl groups is 2. The van der Waals surface area contributed by atoms with Crippen LogP contribution in [-0.2, 0) is 13.1 Å². The van der Waals surface area contributed by atoms with Crippen molar-refractivity contribution in [1.82, 2.24) is 29.7 Å². The third-order valence-electron chi connectivity index (χ3n) is 7.47. The van der Waals surface area contributed by atoms with E-state index in [2.05, 4.69) is 35.8 Å². The molecular formula is C30H30BrFN6O4. The Kier molecular flexibility index (Phi) is 8.15. The third kappa shape index (κ3) is 5.60. The maximum absolute atomic E-state index is 16.1. The summed E-state index contributed by atoms with van der Waals surface area (Å²) in [5, 5.41) is 19.2. The van der Waals surface area contributed by atoms with Crippen molar-refractivity contribution in [2.45, 2.75) is 25.3 Å². The van der Waals surface area contributed by atoms with Gasteiger partial charge < -0.3 is 19.7 Å². The Morgan fingerprint density at radius 2 is 1.21 bits per heavy atom. The lowest BCUT2D eigenvalue weighted by Crippen LogP contribution is -2.50. The van der Waals surface area contributed by atoms with E-state index in [1.165, 1.54) is 7.11 Å². The fourth-order valence-corrected chi connectivity index (χ4v) is 5.92. The first-order valence-corrected chi connectivity index (χ1v) is 14.3. The highest BCUT2D eigenvalue weighted by atomic mass is 79.9. The lowest BCUT2D eigenvalue weighted by molar-refractivity contribution is -0.00422. The van der Waals surface area contributed by atoms with Crippen molar-refractivity contribution in [3.8, 4) is 45.4 Å². The van der Waals surface area contributed by atoms with Crippen LogP contribution >= 0.6 is 15.9 Å². The molecule has 6 rings (SSSR count). The van der Waals surface area contributed by atoms with Crippen LogP contribution in [0.4, 0.5) is 4.39 Å². The molecule has 0 bridgehead atoms. The van der Waals surface area contributed by atoms with E-state index in [1.54, 1.807) is 37.7 Å². The molecule has 10 nitrogen and oxygen atoms in total. The first-order chi connectivity index (χ1) is 20.3. The molecule has 0 atom stereocenters. The number of nitrogens with zero attached hydrogens (tertiary/aromatic N) is 6. The first kappa shape index (κ1) is 28.6. The molecule has 0 unspecified atom stereocenters. The second-order valence-corrected chi connectivity index (χ2v) is 11.2. The van der Waals surface area contributed by atoms with Gasteiger partial charge in [-0.1, -0.05) is 30.3 Å². The number of aromatic nitrogens is 4. The number of aliphatic hydroxyl groups excluding tert-OH is 2. The topological polar surface area (TPSA) is 117 Å². The molecule has 2 aliphatic rings. The second-order valence-electron chi connectivity index (χ2n) is 10.5. The molecule has 4 aromatic rings. The van der Waals surface area contributed by atoms with Gasteiger partial charge in [-0.2, -0.15) is 0 Å². The van der Waals surface area contributed by atoms with Gasteiger partial charge in [0.25, 0.3) is 0 Å². The summed E-state index contributed by atoms with van der Waals surface area (Å²) in [6, 6.07) is 10.7. The van der Waals surface area contributed by atoms with E-state index in [-0.39, 0.29) is 12.2 Å². The molecule has 2 aromatic heterocycles. The van der Waals surface area contributed by atoms with Crippen LogP contribution in [0.15, 0.2) is 53.3 Å². The van der Waals surface area contributed by atoms with Crippen molar-refractivity contribution < 1.29 is 24.1 Å². The van der Waals surface area contributed by atoms with Gasteiger partial charge in [0, 0.05) is 60.4 Å². The number of ether oxygens (including phenoxy) is 2. The molecule has 4 heterocycles. The normalized spacial score (nSPS) is 16.2. The summed E-state index contributed by atoms with van der Waals surface area (Å²) < 4.78 is 27.8. The molecule has 0 amide bonds. The molecule has 42 heavy (non-hydrogen) atoms. The summed E-state index contributed by atoms with van der Waals surface area (Å²) >= 11 is 3.69. The molecule has 218 valence electrons. The molecule has 12 heteroatoms. The van der Waals surface area contributed by atoms with Gasteiger partial charge in [-0.25, -0.2) is 14.4 Å². The Hall–Kier alpha value is -3.55. The lowest BCUT2D eigenvalue weighted by Gasteiger charge is -2.35. The number of likely N-dealkylation sites (tertiary alicyclic amines) is 2. The summed E-state index contributed by atoms with van der Waals surface area (Å²) in [6.07, 6.45) is 2.60. The Bertz CT molecular complexity index is 1490. The van der Waals surface area contributed by atoms with E-state index in [4.69, 9.17) is 14.5 Å². The number of methoxy groups -OCH3 is 2. The van der Waals surface area contributed by atoms with Crippen molar-refractivity contribution in [2.75, 3.05) is 40.4 Å². The van der Waals surface area contributed by atoms with Gasteiger partial charge >= 0.3 is 0 Å². The van der Waals surface area contributed by atoms with E-state index in [1.807, 2.05) is 23.1 Å². The minimum absolute atomic E-state index is 0.295. The molecule has 2 N–H and O–H groups in total. The second kappa shape index (κ2) is 12.0. The smallest absolute Gasteiger partial charge is 0.237 e. The van der Waals surface area contributed by atoms with Gasteiger partial charge in [0.1, 0.15) is 17.2 Å². The SMILES string of the molecule is COc1nc(-c2cccc(-c3cccc(-c4cnc(CN5CC(O)C5)c(OC)n4)c3Br)c2F)cnc1CN1CC(O)C1. The zero-order valence-electron chi connectivity index (χ0n) is 23.2. The lowest BCUT2D eigenvalue weighted by atomic mass is 9.98. The molecule has 2 fully saturated rings. The average Bonchev–Trinajstić information content (AvgIpc) is 2.96. The largest absolute Gasteiger partial charge is 0.480 e. The summed E-state index contributed by atoms with van der Waals surface area (Å²) in [5.74, 6) is 0.282. The highest BCUT2D eigenvalue weighted by molar-refractivity contribution is 9.10. The van der Waals surface area contributed by atoms with Crippen LogP contribution in [0.5, 0.6) is 11.8 Å². The van der Waals surface area contributed by atoms with E-state index in [0.717, 1.165) is 5.56 Å². The molecule has 2 saturated heterocycles. The molecule has 0 saturated carbocycles. The fourth-order valence-electron chi connectivity index (χ4n) is 5.24. The first-order valence-electron chi connectivity index (χ1n) is 13.5. The van der Waals surface area contributed by atoms with E-state index >= 15 is 4.39 Å². The monoisotopic (exact) mass is 636 g/mol. The summed E-state index contributed by atoms with van der Waals surface area (Å²) in [5.41, 5.74) is 4.29. The standard InChI is InChI=1S/C30H30BrFN6O4/c1-41-29-25(15-37-11-17(39)12-37)33-9-23(35-29)21-7-3-5-19(27(21)31)20-6-4-8-22(28(20)32)24-10-34-26(30(36-24)42-2)16-38-13-18(40)14-38/h3-10,17-18,39-40H,11-16H2,1-2H3. The molecule has 0 radical (unpaired) electrons. The third-order valence-corrected chi connectivity index (χ3v) is 8.33.